The van der Waals surface area contributed by atoms with Crippen molar-refractivity contribution in [1.29, 1.82) is 0 Å². The molecule has 0 spiro atoms. The van der Waals surface area contributed by atoms with E-state index in [2.05, 4.69) is 45.9 Å². The second-order valence-corrected chi connectivity index (χ2v) is 8.80. The first-order valence-corrected chi connectivity index (χ1v) is 11.9. The van der Waals surface area contributed by atoms with Crippen molar-refractivity contribution in [2.45, 2.75) is 38.8 Å². The third kappa shape index (κ3) is 6.28. The Morgan fingerprint density at radius 2 is 1.58 bits per heavy atom. The van der Waals surface area contributed by atoms with Crippen molar-refractivity contribution >= 4 is 0 Å². The summed E-state index contributed by atoms with van der Waals surface area (Å²) in [4.78, 5) is 7.52. The highest BCUT2D eigenvalue weighted by Crippen LogP contribution is 2.32. The zero-order valence-electron chi connectivity index (χ0n) is 18.8. The fraction of sp³-hybridized carbons (Fsp3) is 0.538. The summed E-state index contributed by atoms with van der Waals surface area (Å²) in [6.45, 7) is 11.7. The van der Waals surface area contributed by atoms with Crippen molar-refractivity contribution in [1.82, 2.24) is 14.7 Å². The van der Waals surface area contributed by atoms with Crippen LogP contribution in [0.5, 0.6) is 5.75 Å². The molecule has 2 saturated heterocycles. The Morgan fingerprint density at radius 3 is 2.29 bits per heavy atom. The van der Waals surface area contributed by atoms with Crippen LogP contribution in [0.3, 0.4) is 0 Å². The van der Waals surface area contributed by atoms with Crippen LogP contribution in [0.2, 0.25) is 0 Å². The number of hydrogen-bond donors (Lipinski definition) is 0. The van der Waals surface area contributed by atoms with Gasteiger partial charge in [-0.15, -0.1) is 0 Å². The Bertz CT molecular complexity index is 787. The second-order valence-electron chi connectivity index (χ2n) is 8.80. The molecule has 31 heavy (non-hydrogen) atoms. The van der Waals surface area contributed by atoms with E-state index in [1.165, 1.54) is 37.1 Å². The lowest BCUT2D eigenvalue weighted by Crippen LogP contribution is -2.47. The number of hydrogen-bond acceptors (Lipinski definition) is 4. The minimum atomic E-state index is -0.162. The molecule has 2 aromatic rings. The first-order valence-electron chi connectivity index (χ1n) is 11.9. The van der Waals surface area contributed by atoms with Gasteiger partial charge in [-0.1, -0.05) is 37.6 Å². The molecule has 2 aromatic carbocycles. The van der Waals surface area contributed by atoms with E-state index in [0.29, 0.717) is 6.04 Å². The predicted molar refractivity (Wildman–Crippen MR) is 124 cm³/mol. The number of ether oxygens (including phenoxy) is 1. The summed E-state index contributed by atoms with van der Waals surface area (Å²) in [5.74, 6) is 0.787. The first kappa shape index (κ1) is 22.3. The Kier molecular flexibility index (Phi) is 7.95. The van der Waals surface area contributed by atoms with Crippen molar-refractivity contribution in [3.8, 4) is 5.75 Å². The Labute approximate surface area is 186 Å². The van der Waals surface area contributed by atoms with E-state index < -0.39 is 0 Å². The molecule has 0 radical (unpaired) electrons. The molecule has 4 nitrogen and oxygen atoms in total. The maximum absolute atomic E-state index is 13.3. The number of likely N-dealkylation sites (N-methyl/N-ethyl adjacent to an activating group) is 1. The molecular weight excluding hydrogens is 389 g/mol. The van der Waals surface area contributed by atoms with E-state index in [1.807, 2.05) is 12.1 Å². The second kappa shape index (κ2) is 11.1. The average Bonchev–Trinajstić information content (AvgIpc) is 2.82. The van der Waals surface area contributed by atoms with E-state index in [9.17, 15) is 4.39 Å². The van der Waals surface area contributed by atoms with Gasteiger partial charge in [0.1, 0.15) is 18.2 Å². The largest absolute Gasteiger partial charge is 0.492 e. The van der Waals surface area contributed by atoms with Gasteiger partial charge in [-0.05, 0) is 61.3 Å². The fourth-order valence-electron chi connectivity index (χ4n) is 4.79. The number of likely N-dealkylation sites (tertiary alicyclic amines) is 1. The van der Waals surface area contributed by atoms with Gasteiger partial charge in [-0.2, -0.15) is 0 Å². The SMILES string of the molecule is CCN1CCN(CCOc2ccc(CN3CCCCC3c3ccc(F)cc3)cc2)CC1. The lowest BCUT2D eigenvalue weighted by molar-refractivity contribution is 0.121. The first-order chi connectivity index (χ1) is 15.2. The molecule has 0 amide bonds. The molecule has 5 heteroatoms. The van der Waals surface area contributed by atoms with Crippen molar-refractivity contribution in [3.63, 3.8) is 0 Å². The van der Waals surface area contributed by atoms with Gasteiger partial charge >= 0.3 is 0 Å². The Hall–Kier alpha value is -1.95. The number of halogens is 1. The van der Waals surface area contributed by atoms with Gasteiger partial charge < -0.3 is 9.64 Å². The van der Waals surface area contributed by atoms with Crippen molar-refractivity contribution < 1.29 is 9.13 Å². The van der Waals surface area contributed by atoms with Gasteiger partial charge in [-0.3, -0.25) is 9.80 Å². The highest BCUT2D eigenvalue weighted by molar-refractivity contribution is 5.28. The molecule has 0 aromatic heterocycles. The van der Waals surface area contributed by atoms with Gasteiger partial charge in [0.05, 0.1) is 0 Å². The summed E-state index contributed by atoms with van der Waals surface area (Å²) < 4.78 is 19.3. The lowest BCUT2D eigenvalue weighted by Gasteiger charge is -2.36. The molecule has 168 valence electrons. The summed E-state index contributed by atoms with van der Waals surface area (Å²) in [6.07, 6.45) is 3.60. The predicted octanol–water partition coefficient (Wildman–Crippen LogP) is 4.57. The highest BCUT2D eigenvalue weighted by Gasteiger charge is 2.24. The summed E-state index contributed by atoms with van der Waals surface area (Å²) in [5, 5.41) is 0. The maximum atomic E-state index is 13.3. The third-order valence-corrected chi connectivity index (χ3v) is 6.77. The molecule has 0 bridgehead atoms. The van der Waals surface area contributed by atoms with Crippen LogP contribution < -0.4 is 4.74 Å². The van der Waals surface area contributed by atoms with Crippen LogP contribution in [0, 0.1) is 5.82 Å². The van der Waals surface area contributed by atoms with Crippen LogP contribution >= 0.6 is 0 Å². The number of nitrogens with zero attached hydrogens (tertiary/aromatic N) is 3. The van der Waals surface area contributed by atoms with Crippen LogP contribution in [0.4, 0.5) is 4.39 Å². The zero-order chi connectivity index (χ0) is 21.5. The standard InChI is InChI=1S/C26H36FN3O/c1-2-28-15-17-29(18-16-28)19-20-31-25-12-6-22(7-13-25)21-30-14-4-3-5-26(30)23-8-10-24(27)11-9-23/h6-13,26H,2-5,14-21H2,1H3. The van der Waals surface area contributed by atoms with E-state index >= 15 is 0 Å². The number of piperidine rings is 1. The molecule has 0 aliphatic carbocycles. The minimum Gasteiger partial charge on any atom is -0.492 e. The third-order valence-electron chi connectivity index (χ3n) is 6.77. The number of rotatable bonds is 8. The monoisotopic (exact) mass is 425 g/mol. The van der Waals surface area contributed by atoms with E-state index in [-0.39, 0.29) is 5.82 Å². The van der Waals surface area contributed by atoms with Crippen LogP contribution in [0.1, 0.15) is 43.4 Å². The smallest absolute Gasteiger partial charge is 0.123 e. The van der Waals surface area contributed by atoms with Crippen LogP contribution in [0.15, 0.2) is 48.5 Å². The zero-order valence-corrected chi connectivity index (χ0v) is 18.8. The molecular formula is C26H36FN3O. The lowest BCUT2D eigenvalue weighted by atomic mass is 9.94. The van der Waals surface area contributed by atoms with Gasteiger partial charge in [-0.25, -0.2) is 4.39 Å². The topological polar surface area (TPSA) is 19.0 Å². The molecule has 2 fully saturated rings. The van der Waals surface area contributed by atoms with E-state index in [4.69, 9.17) is 4.74 Å². The minimum absolute atomic E-state index is 0.162. The van der Waals surface area contributed by atoms with Crippen LogP contribution in [0.25, 0.3) is 0 Å². The Morgan fingerprint density at radius 1 is 0.871 bits per heavy atom. The normalized spacial score (nSPS) is 21.3. The van der Waals surface area contributed by atoms with Gasteiger partial charge in [0, 0.05) is 45.3 Å². The van der Waals surface area contributed by atoms with E-state index in [0.717, 1.165) is 58.0 Å². The van der Waals surface area contributed by atoms with Gasteiger partial charge in [0.2, 0.25) is 0 Å². The molecule has 1 atom stereocenters. The maximum Gasteiger partial charge on any atom is 0.123 e. The van der Waals surface area contributed by atoms with Gasteiger partial charge in [0.15, 0.2) is 0 Å². The van der Waals surface area contributed by atoms with Gasteiger partial charge in [0.25, 0.3) is 0 Å². The molecule has 2 heterocycles. The van der Waals surface area contributed by atoms with Crippen molar-refractivity contribution in [3.05, 3.63) is 65.5 Å². The summed E-state index contributed by atoms with van der Waals surface area (Å²) in [5.41, 5.74) is 2.53. The molecule has 2 aliphatic rings. The van der Waals surface area contributed by atoms with Crippen LogP contribution in [-0.2, 0) is 6.54 Å². The van der Waals surface area contributed by atoms with Crippen molar-refractivity contribution in [2.75, 3.05) is 52.4 Å². The quantitative estimate of drug-likeness (QED) is 0.617. The molecule has 2 aliphatic heterocycles. The van der Waals surface area contributed by atoms with E-state index in [1.54, 1.807) is 12.1 Å². The highest BCUT2D eigenvalue weighted by atomic mass is 19.1. The molecule has 0 N–H and O–H groups in total. The molecule has 1 unspecified atom stereocenters. The number of piperazine rings is 1. The Balaban J connectivity index is 1.26. The summed E-state index contributed by atoms with van der Waals surface area (Å²) in [6, 6.07) is 16.0. The fourth-order valence-corrected chi connectivity index (χ4v) is 4.79. The summed E-state index contributed by atoms with van der Waals surface area (Å²) >= 11 is 0. The number of benzene rings is 2. The van der Waals surface area contributed by atoms with Crippen LogP contribution in [-0.4, -0.2) is 67.1 Å². The summed E-state index contributed by atoms with van der Waals surface area (Å²) in [7, 11) is 0. The van der Waals surface area contributed by atoms with Crippen molar-refractivity contribution in [2.24, 2.45) is 0 Å². The average molecular weight is 426 g/mol. The molecule has 4 rings (SSSR count). The molecule has 0 saturated carbocycles.